The molecule has 3 aliphatic rings. The van der Waals surface area contributed by atoms with Crippen molar-refractivity contribution in [3.8, 4) is 0 Å². The summed E-state index contributed by atoms with van der Waals surface area (Å²) in [6, 6.07) is 10.2. The molecule has 152 valence electrons. The first-order chi connectivity index (χ1) is 14.5. The van der Waals surface area contributed by atoms with E-state index < -0.39 is 6.09 Å². The Morgan fingerprint density at radius 2 is 2.13 bits per heavy atom. The number of nitrogens with one attached hydrogen (secondary N) is 1. The lowest BCUT2D eigenvalue weighted by Gasteiger charge is -2.38. The number of carboxylic acid groups (broad SMARTS) is 1. The Morgan fingerprint density at radius 1 is 1.27 bits per heavy atom. The zero-order valence-corrected chi connectivity index (χ0v) is 16.5. The highest BCUT2D eigenvalue weighted by atomic mass is 16.4. The Balaban J connectivity index is 1.26. The van der Waals surface area contributed by atoms with Crippen LogP contribution in [0.15, 0.2) is 42.7 Å². The van der Waals surface area contributed by atoms with E-state index >= 15 is 0 Å². The van der Waals surface area contributed by atoms with Crippen LogP contribution in [0.4, 0.5) is 10.5 Å². The highest BCUT2D eigenvalue weighted by Gasteiger charge is 2.54. The van der Waals surface area contributed by atoms with Crippen molar-refractivity contribution in [1.82, 2.24) is 14.7 Å². The first kappa shape index (κ1) is 17.5. The first-order valence-corrected chi connectivity index (χ1v) is 10.4. The minimum Gasteiger partial charge on any atom is -0.465 e. The Labute approximate surface area is 173 Å². The lowest BCUT2D eigenvalue weighted by molar-refractivity contribution is 0.0786. The molecule has 7 nitrogen and oxygen atoms in total. The van der Waals surface area contributed by atoms with Gasteiger partial charge in [-0.1, -0.05) is 18.2 Å². The molecule has 1 aliphatic carbocycles. The van der Waals surface area contributed by atoms with E-state index in [1.807, 2.05) is 29.1 Å². The number of hydrogen-bond acceptors (Lipinski definition) is 3. The van der Waals surface area contributed by atoms with Gasteiger partial charge in [-0.25, -0.2) is 4.79 Å². The van der Waals surface area contributed by atoms with Crippen molar-refractivity contribution >= 4 is 28.5 Å². The molecule has 2 aromatic carbocycles. The number of amides is 2. The quantitative estimate of drug-likeness (QED) is 0.692. The number of carbonyl (C=O) groups excluding carboxylic acids is 1. The van der Waals surface area contributed by atoms with E-state index in [1.54, 1.807) is 4.90 Å². The van der Waals surface area contributed by atoms with Crippen molar-refractivity contribution in [1.29, 1.82) is 0 Å². The van der Waals surface area contributed by atoms with Gasteiger partial charge < -0.3 is 15.3 Å². The third kappa shape index (κ3) is 2.54. The maximum atomic E-state index is 12.2. The molecule has 1 aromatic heterocycles. The average molecular weight is 402 g/mol. The molecule has 1 saturated heterocycles. The van der Waals surface area contributed by atoms with Gasteiger partial charge >= 0.3 is 6.09 Å². The summed E-state index contributed by atoms with van der Waals surface area (Å²) in [7, 11) is 0. The predicted molar refractivity (Wildman–Crippen MR) is 112 cm³/mol. The normalized spacial score (nSPS) is 21.3. The zero-order valence-electron chi connectivity index (χ0n) is 16.5. The number of nitrogens with zero attached hydrogens (tertiary/aromatic N) is 3. The Kier molecular flexibility index (Phi) is 3.54. The third-order valence-corrected chi connectivity index (χ3v) is 6.98. The number of rotatable bonds is 3. The monoisotopic (exact) mass is 402 g/mol. The number of carbonyl (C=O) groups is 2. The molecule has 2 N–H and O–H groups in total. The van der Waals surface area contributed by atoms with Crippen molar-refractivity contribution in [2.75, 3.05) is 11.9 Å². The number of aromatic nitrogens is 2. The third-order valence-electron chi connectivity index (χ3n) is 6.98. The summed E-state index contributed by atoms with van der Waals surface area (Å²) in [6.07, 6.45) is 7.51. The van der Waals surface area contributed by atoms with Crippen molar-refractivity contribution in [2.45, 2.75) is 43.7 Å². The fourth-order valence-electron chi connectivity index (χ4n) is 5.30. The van der Waals surface area contributed by atoms with Crippen LogP contribution in [0, 0.1) is 0 Å². The van der Waals surface area contributed by atoms with Crippen molar-refractivity contribution in [3.05, 3.63) is 59.4 Å². The van der Waals surface area contributed by atoms with Crippen LogP contribution < -0.4 is 5.32 Å². The van der Waals surface area contributed by atoms with Crippen LogP contribution in [0.1, 0.15) is 53.2 Å². The summed E-state index contributed by atoms with van der Waals surface area (Å²) >= 11 is 0. The second kappa shape index (κ2) is 6.08. The zero-order chi connectivity index (χ0) is 20.5. The number of piperidine rings is 1. The smallest absolute Gasteiger partial charge is 0.407 e. The van der Waals surface area contributed by atoms with E-state index in [0.717, 1.165) is 59.7 Å². The molecule has 2 fully saturated rings. The van der Waals surface area contributed by atoms with Crippen LogP contribution in [0.5, 0.6) is 0 Å². The molecule has 3 aromatic rings. The van der Waals surface area contributed by atoms with E-state index in [1.165, 1.54) is 5.56 Å². The van der Waals surface area contributed by atoms with Gasteiger partial charge in [-0.3, -0.25) is 9.48 Å². The molecule has 1 saturated carbocycles. The van der Waals surface area contributed by atoms with E-state index in [9.17, 15) is 14.7 Å². The molecular weight excluding hydrogens is 380 g/mol. The van der Waals surface area contributed by atoms with Gasteiger partial charge in [-0.05, 0) is 54.3 Å². The van der Waals surface area contributed by atoms with Crippen LogP contribution in [-0.2, 0) is 6.42 Å². The molecular formula is C23H22N4O3. The topological polar surface area (TPSA) is 87.5 Å². The van der Waals surface area contributed by atoms with Crippen LogP contribution in [0.2, 0.25) is 0 Å². The molecule has 2 aliphatic heterocycles. The summed E-state index contributed by atoms with van der Waals surface area (Å²) in [4.78, 5) is 25.3. The van der Waals surface area contributed by atoms with Crippen LogP contribution in [-0.4, -0.2) is 43.9 Å². The van der Waals surface area contributed by atoms with Gasteiger partial charge in [0.1, 0.15) is 0 Å². The maximum Gasteiger partial charge on any atom is 0.407 e. The van der Waals surface area contributed by atoms with Gasteiger partial charge in [-0.15, -0.1) is 0 Å². The number of benzene rings is 2. The van der Waals surface area contributed by atoms with Crippen molar-refractivity contribution in [2.24, 2.45) is 0 Å². The van der Waals surface area contributed by atoms with E-state index in [2.05, 4.69) is 28.7 Å². The minimum atomic E-state index is -0.799. The molecule has 6 rings (SSSR count). The molecule has 2 amide bonds. The molecule has 30 heavy (non-hydrogen) atoms. The molecule has 0 radical (unpaired) electrons. The molecule has 1 spiro atoms. The fourth-order valence-corrected chi connectivity index (χ4v) is 5.30. The van der Waals surface area contributed by atoms with Crippen LogP contribution >= 0.6 is 0 Å². The minimum absolute atomic E-state index is 0.0396. The van der Waals surface area contributed by atoms with Crippen LogP contribution in [0.25, 0.3) is 10.8 Å². The summed E-state index contributed by atoms with van der Waals surface area (Å²) in [6.45, 7) is 0.575. The van der Waals surface area contributed by atoms with E-state index in [-0.39, 0.29) is 17.5 Å². The number of likely N-dealkylation sites (tertiary alicyclic amines) is 1. The van der Waals surface area contributed by atoms with Crippen molar-refractivity contribution < 1.29 is 14.7 Å². The molecule has 0 bridgehead atoms. The predicted octanol–water partition coefficient (Wildman–Crippen LogP) is 4.04. The van der Waals surface area contributed by atoms with Gasteiger partial charge in [0.2, 0.25) is 0 Å². The largest absolute Gasteiger partial charge is 0.465 e. The van der Waals surface area contributed by atoms with Gasteiger partial charge in [0.15, 0.2) is 0 Å². The van der Waals surface area contributed by atoms with E-state index in [0.29, 0.717) is 6.54 Å². The lowest BCUT2D eigenvalue weighted by atomic mass is 9.95. The van der Waals surface area contributed by atoms with Gasteiger partial charge in [0.05, 0.1) is 12.2 Å². The summed E-state index contributed by atoms with van der Waals surface area (Å²) in [5, 5.41) is 19.1. The SMILES string of the molecule is O=C1Nc2ccc(Cc3cnn(C4CCN(C(=O)O)C5(CC5)C4)c3)c3cccc1c23. The highest BCUT2D eigenvalue weighted by Crippen LogP contribution is 2.51. The lowest BCUT2D eigenvalue weighted by Crippen LogP contribution is -2.47. The summed E-state index contributed by atoms with van der Waals surface area (Å²) < 4.78 is 2.03. The summed E-state index contributed by atoms with van der Waals surface area (Å²) in [5.74, 6) is -0.0396. The fraction of sp³-hybridized carbons (Fsp3) is 0.348. The second-order valence-electron chi connectivity index (χ2n) is 8.77. The molecule has 3 heterocycles. The second-order valence-corrected chi connectivity index (χ2v) is 8.77. The maximum absolute atomic E-state index is 12.2. The van der Waals surface area contributed by atoms with Gasteiger partial charge in [0.25, 0.3) is 5.91 Å². The Bertz CT molecular complexity index is 1210. The average Bonchev–Trinajstić information content (AvgIpc) is 3.19. The van der Waals surface area contributed by atoms with Gasteiger partial charge in [-0.2, -0.15) is 5.10 Å². The highest BCUT2D eigenvalue weighted by molar-refractivity contribution is 6.24. The Hall–Kier alpha value is -3.35. The van der Waals surface area contributed by atoms with Crippen LogP contribution in [0.3, 0.4) is 0 Å². The van der Waals surface area contributed by atoms with Gasteiger partial charge in [0, 0.05) is 41.3 Å². The number of anilines is 1. The van der Waals surface area contributed by atoms with Crippen molar-refractivity contribution in [3.63, 3.8) is 0 Å². The summed E-state index contributed by atoms with van der Waals surface area (Å²) in [5.41, 5.74) is 3.74. The molecule has 1 unspecified atom stereocenters. The standard InChI is InChI=1S/C23H22N4O3/c28-21-18-3-1-2-17-15(4-5-19(25-21)20(17)18)10-14-12-24-27(13-14)16-6-9-26(22(29)30)23(11-16)7-8-23/h1-5,12-13,16H,6-11H2,(H,25,28)(H,29,30). The van der Waals surface area contributed by atoms with E-state index in [4.69, 9.17) is 0 Å². The number of hydrogen-bond donors (Lipinski definition) is 2. The Morgan fingerprint density at radius 3 is 2.93 bits per heavy atom. The molecule has 7 heteroatoms. The first-order valence-electron chi connectivity index (χ1n) is 10.4. The molecule has 1 atom stereocenters.